The zero-order valence-electron chi connectivity index (χ0n) is 7.94. The van der Waals surface area contributed by atoms with Crippen LogP contribution in [0.25, 0.3) is 0 Å². The molecule has 1 aromatic carbocycles. The Morgan fingerprint density at radius 1 is 1.43 bits per heavy atom. The molecule has 0 amide bonds. The van der Waals surface area contributed by atoms with Crippen LogP contribution in [0, 0.1) is 12.3 Å². The van der Waals surface area contributed by atoms with Crippen LogP contribution in [0.5, 0.6) is 0 Å². The Labute approximate surface area is 84.7 Å². The van der Waals surface area contributed by atoms with Gasteiger partial charge in [-0.05, 0) is 11.6 Å². The van der Waals surface area contributed by atoms with E-state index in [1.54, 1.807) is 6.08 Å². The van der Waals surface area contributed by atoms with Crippen LogP contribution in [-0.2, 0) is 4.74 Å². The molecule has 0 aliphatic rings. The average Bonchev–Trinajstić information content (AvgIpc) is 2.25. The van der Waals surface area contributed by atoms with Crippen molar-refractivity contribution in [3.63, 3.8) is 0 Å². The summed E-state index contributed by atoms with van der Waals surface area (Å²) in [6, 6.07) is 9.83. The number of hydrogen-bond donors (Lipinski definition) is 0. The molecule has 0 heterocycles. The predicted molar refractivity (Wildman–Crippen MR) is 57.7 cm³/mol. The summed E-state index contributed by atoms with van der Waals surface area (Å²) in [5.74, 6) is 2.44. The first-order valence-electron chi connectivity index (χ1n) is 4.34. The molecule has 1 rings (SSSR count). The Hall–Kier alpha value is -1.74. The van der Waals surface area contributed by atoms with Crippen molar-refractivity contribution in [2.24, 2.45) is 0 Å². The number of ether oxygens (including phenoxy) is 1. The first-order valence-corrected chi connectivity index (χ1v) is 4.34. The molecule has 1 heteroatoms. The fraction of sp³-hybridized carbons (Fsp3) is 0.154. The molecule has 0 bridgehead atoms. The zero-order chi connectivity index (χ0) is 10.2. The predicted octanol–water partition coefficient (Wildman–Crippen LogP) is 2.72. The molecule has 0 aromatic heterocycles. The molecule has 1 unspecified atom stereocenters. The van der Waals surface area contributed by atoms with Gasteiger partial charge in [0.15, 0.2) is 0 Å². The Bertz CT molecular complexity index is 353. The maximum Gasteiger partial charge on any atom is 0.109 e. The highest BCUT2D eigenvalue weighted by atomic mass is 16.5. The van der Waals surface area contributed by atoms with Crippen molar-refractivity contribution in [1.82, 2.24) is 0 Å². The van der Waals surface area contributed by atoms with Crippen molar-refractivity contribution >= 4 is 0 Å². The summed E-state index contributed by atoms with van der Waals surface area (Å²) in [5.41, 5.74) is 3.76. The van der Waals surface area contributed by atoms with E-state index in [4.69, 9.17) is 11.2 Å². The third-order valence-electron chi connectivity index (χ3n) is 1.74. The Balaban J connectivity index is 2.79. The standard InChI is InChI=1S/C13H12O/c1-3-8-13(14-11-4-2)12-9-6-5-7-10-12/h2,5-10,13H,1,11H2. The molecule has 14 heavy (non-hydrogen) atoms. The molecule has 0 spiro atoms. The van der Waals surface area contributed by atoms with E-state index < -0.39 is 0 Å². The van der Waals surface area contributed by atoms with E-state index in [1.807, 2.05) is 30.3 Å². The van der Waals surface area contributed by atoms with E-state index in [0.29, 0.717) is 0 Å². The SMILES string of the molecule is C#CCOC(C=C=C)c1ccccc1. The lowest BCUT2D eigenvalue weighted by molar-refractivity contribution is 0.114. The highest BCUT2D eigenvalue weighted by Gasteiger charge is 2.05. The fourth-order valence-electron chi connectivity index (χ4n) is 1.13. The van der Waals surface area contributed by atoms with Crippen molar-refractivity contribution in [2.75, 3.05) is 6.61 Å². The highest BCUT2D eigenvalue weighted by molar-refractivity contribution is 5.21. The minimum absolute atomic E-state index is 0.148. The van der Waals surface area contributed by atoms with Crippen molar-refractivity contribution in [3.05, 3.63) is 54.3 Å². The van der Waals surface area contributed by atoms with Crippen LogP contribution in [0.3, 0.4) is 0 Å². The van der Waals surface area contributed by atoms with Gasteiger partial charge in [0, 0.05) is 0 Å². The summed E-state index contributed by atoms with van der Waals surface area (Å²) in [6.07, 6.45) is 6.73. The van der Waals surface area contributed by atoms with E-state index in [1.165, 1.54) is 0 Å². The molecule has 0 N–H and O–H groups in total. The maximum absolute atomic E-state index is 5.42. The number of benzene rings is 1. The lowest BCUT2D eigenvalue weighted by atomic mass is 10.1. The van der Waals surface area contributed by atoms with Crippen molar-refractivity contribution < 1.29 is 4.74 Å². The normalized spacial score (nSPS) is 11.1. The molecule has 0 aliphatic carbocycles. The smallest absolute Gasteiger partial charge is 0.109 e. The fourth-order valence-corrected chi connectivity index (χ4v) is 1.13. The topological polar surface area (TPSA) is 9.23 Å². The van der Waals surface area contributed by atoms with Crippen LogP contribution < -0.4 is 0 Å². The van der Waals surface area contributed by atoms with E-state index in [-0.39, 0.29) is 12.7 Å². The third-order valence-corrected chi connectivity index (χ3v) is 1.74. The monoisotopic (exact) mass is 184 g/mol. The summed E-state index contributed by atoms with van der Waals surface area (Å²) in [4.78, 5) is 0. The number of rotatable bonds is 4. The molecule has 1 nitrogen and oxygen atoms in total. The van der Waals surface area contributed by atoms with E-state index in [9.17, 15) is 0 Å². The molecule has 0 fully saturated rings. The molecule has 1 aromatic rings. The van der Waals surface area contributed by atoms with Gasteiger partial charge in [-0.3, -0.25) is 0 Å². The second-order valence-electron chi connectivity index (χ2n) is 2.72. The summed E-state index contributed by atoms with van der Waals surface area (Å²) in [6.45, 7) is 3.81. The van der Waals surface area contributed by atoms with Gasteiger partial charge in [0.05, 0.1) is 0 Å². The second kappa shape index (κ2) is 5.83. The quantitative estimate of drug-likeness (QED) is 0.516. The first-order chi connectivity index (χ1) is 6.88. The highest BCUT2D eigenvalue weighted by Crippen LogP contribution is 2.17. The molecule has 70 valence electrons. The lowest BCUT2D eigenvalue weighted by Gasteiger charge is -2.11. The summed E-state index contributed by atoms with van der Waals surface area (Å²) >= 11 is 0. The summed E-state index contributed by atoms with van der Waals surface area (Å²) in [7, 11) is 0. The van der Waals surface area contributed by atoms with Crippen molar-refractivity contribution in [1.29, 1.82) is 0 Å². The van der Waals surface area contributed by atoms with Gasteiger partial charge < -0.3 is 4.74 Å². The van der Waals surface area contributed by atoms with Gasteiger partial charge in [-0.1, -0.05) is 42.8 Å². The third kappa shape index (κ3) is 2.95. The molecule has 0 aliphatic heterocycles. The van der Waals surface area contributed by atoms with Gasteiger partial charge in [0.25, 0.3) is 0 Å². The van der Waals surface area contributed by atoms with Crippen LogP contribution in [0.15, 0.2) is 48.7 Å². The molecule has 0 radical (unpaired) electrons. The molecule has 0 saturated heterocycles. The maximum atomic E-state index is 5.42. The summed E-state index contributed by atoms with van der Waals surface area (Å²) in [5, 5.41) is 0. The van der Waals surface area contributed by atoms with Crippen LogP contribution in [0.4, 0.5) is 0 Å². The van der Waals surface area contributed by atoms with Gasteiger partial charge in [-0.15, -0.1) is 12.2 Å². The van der Waals surface area contributed by atoms with Gasteiger partial charge >= 0.3 is 0 Å². The molecule has 0 saturated carbocycles. The van der Waals surface area contributed by atoms with Crippen LogP contribution in [-0.4, -0.2) is 6.61 Å². The van der Waals surface area contributed by atoms with Crippen LogP contribution >= 0.6 is 0 Å². The molecular formula is C13H12O. The second-order valence-corrected chi connectivity index (χ2v) is 2.72. The lowest BCUT2D eigenvalue weighted by Crippen LogP contribution is -2.01. The first kappa shape index (κ1) is 10.3. The molecule has 1 atom stereocenters. The minimum Gasteiger partial charge on any atom is -0.356 e. The van der Waals surface area contributed by atoms with E-state index in [0.717, 1.165) is 5.56 Å². The zero-order valence-corrected chi connectivity index (χ0v) is 7.94. The molecular weight excluding hydrogens is 172 g/mol. The van der Waals surface area contributed by atoms with Crippen LogP contribution in [0.2, 0.25) is 0 Å². The van der Waals surface area contributed by atoms with Crippen molar-refractivity contribution in [3.8, 4) is 12.3 Å². The van der Waals surface area contributed by atoms with Gasteiger partial charge in [0.1, 0.15) is 12.7 Å². The number of hydrogen-bond acceptors (Lipinski definition) is 1. The van der Waals surface area contributed by atoms with Gasteiger partial charge in [0.2, 0.25) is 0 Å². The van der Waals surface area contributed by atoms with E-state index >= 15 is 0 Å². The largest absolute Gasteiger partial charge is 0.356 e. The summed E-state index contributed by atoms with van der Waals surface area (Å²) < 4.78 is 5.42. The Morgan fingerprint density at radius 2 is 2.14 bits per heavy atom. The van der Waals surface area contributed by atoms with Gasteiger partial charge in [-0.2, -0.15) is 0 Å². The Morgan fingerprint density at radius 3 is 2.71 bits per heavy atom. The van der Waals surface area contributed by atoms with Gasteiger partial charge in [-0.25, -0.2) is 0 Å². The van der Waals surface area contributed by atoms with Crippen molar-refractivity contribution in [2.45, 2.75) is 6.10 Å². The Kier molecular flexibility index (Phi) is 4.31. The minimum atomic E-state index is -0.148. The average molecular weight is 184 g/mol. The van der Waals surface area contributed by atoms with E-state index in [2.05, 4.69) is 18.2 Å². The van der Waals surface area contributed by atoms with Crippen LogP contribution in [0.1, 0.15) is 11.7 Å². The number of terminal acetylenes is 1.